The van der Waals surface area contributed by atoms with Crippen LogP contribution in [0, 0.1) is 18.8 Å². The van der Waals surface area contributed by atoms with E-state index in [2.05, 4.69) is 4.98 Å². The summed E-state index contributed by atoms with van der Waals surface area (Å²) in [4.78, 5) is 19.1. The Bertz CT molecular complexity index is 600. The summed E-state index contributed by atoms with van der Waals surface area (Å²) < 4.78 is 17.3. The van der Waals surface area contributed by atoms with Gasteiger partial charge in [0.25, 0.3) is 5.91 Å². The number of likely N-dealkylation sites (tertiary alicyclic amines) is 1. The molecule has 1 aromatic rings. The molecule has 3 atom stereocenters. The van der Waals surface area contributed by atoms with E-state index < -0.39 is 0 Å². The molecule has 0 radical (unpaired) electrons. The molecule has 3 saturated heterocycles. The summed E-state index contributed by atoms with van der Waals surface area (Å²) in [6, 6.07) is 3.85. The number of hydrogen-bond acceptors (Lipinski definition) is 5. The van der Waals surface area contributed by atoms with Gasteiger partial charge in [-0.25, -0.2) is 0 Å². The Morgan fingerprint density at radius 1 is 1.28 bits per heavy atom. The molecule has 4 rings (SSSR count). The van der Waals surface area contributed by atoms with Crippen molar-refractivity contribution in [2.45, 2.75) is 31.9 Å². The fourth-order valence-electron chi connectivity index (χ4n) is 4.04. The van der Waals surface area contributed by atoms with Gasteiger partial charge in [0, 0.05) is 37.6 Å². The average molecular weight is 346 g/mol. The van der Waals surface area contributed by atoms with Crippen molar-refractivity contribution in [2.75, 3.05) is 39.6 Å². The van der Waals surface area contributed by atoms with Gasteiger partial charge in [-0.15, -0.1) is 0 Å². The molecular formula is C19H26N2O4. The van der Waals surface area contributed by atoms with Crippen molar-refractivity contribution in [3.63, 3.8) is 0 Å². The van der Waals surface area contributed by atoms with Gasteiger partial charge >= 0.3 is 0 Å². The summed E-state index contributed by atoms with van der Waals surface area (Å²) in [5, 5.41) is 0. The number of nitrogens with zero attached hydrogens (tertiary/aromatic N) is 2. The number of aromatic nitrogens is 1. The molecule has 6 heteroatoms. The topological polar surface area (TPSA) is 60.9 Å². The smallest absolute Gasteiger partial charge is 0.255 e. The van der Waals surface area contributed by atoms with Crippen LogP contribution in [0.4, 0.5) is 0 Å². The molecule has 0 unspecified atom stereocenters. The van der Waals surface area contributed by atoms with Crippen LogP contribution in [0.3, 0.4) is 0 Å². The van der Waals surface area contributed by atoms with Crippen molar-refractivity contribution in [1.29, 1.82) is 0 Å². The largest absolute Gasteiger partial charge is 0.381 e. The molecule has 1 aromatic heterocycles. The first-order valence-electron chi connectivity index (χ1n) is 9.23. The monoisotopic (exact) mass is 346 g/mol. The van der Waals surface area contributed by atoms with Gasteiger partial charge in [-0.1, -0.05) is 0 Å². The van der Waals surface area contributed by atoms with Crippen molar-refractivity contribution in [3.05, 3.63) is 29.6 Å². The highest BCUT2D eigenvalue weighted by atomic mass is 16.5. The van der Waals surface area contributed by atoms with E-state index in [1.807, 2.05) is 24.0 Å². The molecule has 0 bridgehead atoms. The van der Waals surface area contributed by atoms with Crippen LogP contribution in [0.2, 0.25) is 0 Å². The second-order valence-corrected chi connectivity index (χ2v) is 7.34. The van der Waals surface area contributed by atoms with Crippen LogP contribution in [-0.2, 0) is 14.2 Å². The van der Waals surface area contributed by atoms with E-state index in [0.29, 0.717) is 31.2 Å². The number of fused-ring (bicyclic) bond motifs is 1. The van der Waals surface area contributed by atoms with Gasteiger partial charge < -0.3 is 19.1 Å². The van der Waals surface area contributed by atoms with Crippen LogP contribution >= 0.6 is 0 Å². The highest BCUT2D eigenvalue weighted by Gasteiger charge is 2.48. The lowest BCUT2D eigenvalue weighted by atomic mass is 10.00. The van der Waals surface area contributed by atoms with Crippen molar-refractivity contribution < 1.29 is 19.0 Å². The molecule has 4 heterocycles. The Hall–Kier alpha value is -1.50. The van der Waals surface area contributed by atoms with Gasteiger partial charge in [0.1, 0.15) is 0 Å². The first-order chi connectivity index (χ1) is 12.2. The Labute approximate surface area is 148 Å². The van der Waals surface area contributed by atoms with Crippen LogP contribution < -0.4 is 0 Å². The summed E-state index contributed by atoms with van der Waals surface area (Å²) >= 11 is 0. The Morgan fingerprint density at radius 3 is 2.88 bits per heavy atom. The maximum Gasteiger partial charge on any atom is 0.255 e. The minimum Gasteiger partial charge on any atom is -0.381 e. The van der Waals surface area contributed by atoms with Gasteiger partial charge in [0.05, 0.1) is 37.5 Å². The fourth-order valence-corrected chi connectivity index (χ4v) is 4.04. The van der Waals surface area contributed by atoms with Crippen LogP contribution in [-0.4, -0.2) is 67.5 Å². The maximum atomic E-state index is 12.9. The van der Waals surface area contributed by atoms with Crippen LogP contribution in [0.5, 0.6) is 0 Å². The summed E-state index contributed by atoms with van der Waals surface area (Å²) in [5.41, 5.74) is 1.55. The van der Waals surface area contributed by atoms with E-state index >= 15 is 0 Å². The highest BCUT2D eigenvalue weighted by molar-refractivity contribution is 5.94. The van der Waals surface area contributed by atoms with Gasteiger partial charge in [0.2, 0.25) is 0 Å². The SMILES string of the molecule is Cc1ccc(C(=O)N2C[C@H](OCC3CCOCC3)[C@H]3COC[C@H]32)cn1. The lowest BCUT2D eigenvalue weighted by Crippen LogP contribution is -2.38. The number of ether oxygens (including phenoxy) is 3. The summed E-state index contributed by atoms with van der Waals surface area (Å²) in [7, 11) is 0. The normalized spacial score (nSPS) is 29.8. The Kier molecular flexibility index (Phi) is 5.01. The second kappa shape index (κ2) is 7.40. The number of carbonyl (C=O) groups is 1. The summed E-state index contributed by atoms with van der Waals surface area (Å²) in [5.74, 6) is 0.882. The molecule has 1 amide bonds. The molecule has 3 aliphatic rings. The van der Waals surface area contributed by atoms with E-state index in [0.717, 1.165) is 38.4 Å². The third-order valence-corrected chi connectivity index (χ3v) is 5.65. The zero-order chi connectivity index (χ0) is 17.2. The third-order valence-electron chi connectivity index (χ3n) is 5.65. The van der Waals surface area contributed by atoms with E-state index in [1.54, 1.807) is 6.20 Å². The van der Waals surface area contributed by atoms with Crippen molar-refractivity contribution in [2.24, 2.45) is 11.8 Å². The number of carbonyl (C=O) groups excluding carboxylic acids is 1. The second-order valence-electron chi connectivity index (χ2n) is 7.34. The van der Waals surface area contributed by atoms with E-state index in [1.165, 1.54) is 0 Å². The number of hydrogen-bond donors (Lipinski definition) is 0. The molecule has 3 fully saturated rings. The number of aryl methyl sites for hydroxylation is 1. The standard InChI is InChI=1S/C19H26N2O4/c1-13-2-3-15(8-20-13)19(22)21-9-18(16-11-24-12-17(16)21)25-10-14-4-6-23-7-5-14/h2-3,8,14,16-18H,4-7,9-12H2,1H3/t16-,17+,18-/m0/s1. The summed E-state index contributed by atoms with van der Waals surface area (Å²) in [6.07, 6.45) is 3.86. The zero-order valence-electron chi connectivity index (χ0n) is 14.7. The van der Waals surface area contributed by atoms with Gasteiger partial charge in [-0.05, 0) is 37.8 Å². The predicted octanol–water partition coefficient (Wildman–Crippen LogP) is 1.67. The van der Waals surface area contributed by atoms with Crippen molar-refractivity contribution >= 4 is 5.91 Å². The molecule has 0 spiro atoms. The van der Waals surface area contributed by atoms with Crippen LogP contribution in [0.15, 0.2) is 18.3 Å². The van der Waals surface area contributed by atoms with Crippen LogP contribution in [0.1, 0.15) is 28.9 Å². The number of pyridine rings is 1. The molecule has 3 aliphatic heterocycles. The van der Waals surface area contributed by atoms with Crippen molar-refractivity contribution in [3.8, 4) is 0 Å². The lowest BCUT2D eigenvalue weighted by molar-refractivity contribution is -0.0251. The van der Waals surface area contributed by atoms with Gasteiger partial charge in [-0.2, -0.15) is 0 Å². The zero-order valence-corrected chi connectivity index (χ0v) is 14.7. The quantitative estimate of drug-likeness (QED) is 0.830. The molecule has 0 N–H and O–H groups in total. The minimum atomic E-state index is 0.0326. The molecule has 0 saturated carbocycles. The van der Waals surface area contributed by atoms with E-state index in [9.17, 15) is 4.79 Å². The van der Waals surface area contributed by atoms with E-state index in [-0.39, 0.29) is 24.0 Å². The third kappa shape index (κ3) is 3.57. The first-order valence-corrected chi connectivity index (χ1v) is 9.23. The summed E-state index contributed by atoms with van der Waals surface area (Å²) in [6.45, 7) is 6.27. The Morgan fingerprint density at radius 2 is 2.12 bits per heavy atom. The fraction of sp³-hybridized carbons (Fsp3) is 0.684. The molecular weight excluding hydrogens is 320 g/mol. The molecule has 136 valence electrons. The van der Waals surface area contributed by atoms with Crippen LogP contribution in [0.25, 0.3) is 0 Å². The van der Waals surface area contributed by atoms with Gasteiger partial charge in [0.15, 0.2) is 0 Å². The molecule has 6 nitrogen and oxygen atoms in total. The minimum absolute atomic E-state index is 0.0326. The van der Waals surface area contributed by atoms with E-state index in [4.69, 9.17) is 14.2 Å². The molecule has 0 aromatic carbocycles. The van der Waals surface area contributed by atoms with Gasteiger partial charge in [-0.3, -0.25) is 9.78 Å². The maximum absolute atomic E-state index is 12.9. The Balaban J connectivity index is 1.41. The van der Waals surface area contributed by atoms with Crippen molar-refractivity contribution in [1.82, 2.24) is 9.88 Å². The lowest BCUT2D eigenvalue weighted by Gasteiger charge is -2.25. The number of amides is 1. The first kappa shape index (κ1) is 16.9. The number of rotatable bonds is 4. The molecule has 25 heavy (non-hydrogen) atoms. The predicted molar refractivity (Wildman–Crippen MR) is 91.4 cm³/mol. The molecule has 0 aliphatic carbocycles. The highest BCUT2D eigenvalue weighted by Crippen LogP contribution is 2.33. The average Bonchev–Trinajstić information content (AvgIpc) is 3.24.